The second-order valence-corrected chi connectivity index (χ2v) is 23.4. The topological polar surface area (TPSA) is 161 Å². The summed E-state index contributed by atoms with van der Waals surface area (Å²) in [6, 6.07) is 78.7. The summed E-state index contributed by atoms with van der Waals surface area (Å²) in [6.07, 6.45) is -4.88. The molecule has 0 aliphatic rings. The molecule has 13 nitrogen and oxygen atoms in total. The van der Waals surface area contributed by atoms with Crippen LogP contribution >= 0.6 is 0 Å². The molecule has 0 saturated carbocycles. The van der Waals surface area contributed by atoms with Crippen LogP contribution in [0.1, 0.15) is 27.8 Å². The van der Waals surface area contributed by atoms with Gasteiger partial charge in [-0.3, -0.25) is 0 Å². The lowest BCUT2D eigenvalue weighted by Gasteiger charge is -2.20. The van der Waals surface area contributed by atoms with E-state index in [1.165, 1.54) is 30.3 Å². The first-order valence-corrected chi connectivity index (χ1v) is 30.9. The molecular weight excluding hydrogens is 1250 g/mol. The number of nitrogens with zero attached hydrogens (tertiary/aromatic N) is 13. The fraction of sp³-hybridized carbons (Fsp3) is 0.0119. The Bertz CT molecular complexity index is 6060. The van der Waals surface area contributed by atoms with Crippen molar-refractivity contribution >= 4 is 66.4 Å². The van der Waals surface area contributed by atoms with E-state index >= 15 is 13.2 Å². The maximum Gasteiger partial charge on any atom is 0.416 e. The van der Waals surface area contributed by atoms with Crippen molar-refractivity contribution in [3.63, 3.8) is 0 Å². The number of benzene rings is 12. The summed E-state index contributed by atoms with van der Waals surface area (Å²) < 4.78 is 51.7. The molecule has 0 bridgehead atoms. The van der Waals surface area contributed by atoms with E-state index in [2.05, 4.69) is 43.7 Å². The van der Waals surface area contributed by atoms with Gasteiger partial charge >= 0.3 is 6.18 Å². The highest BCUT2D eigenvalue weighted by atomic mass is 19.4. The van der Waals surface area contributed by atoms with Gasteiger partial charge in [-0.05, 0) is 171 Å². The molecule has 3 aromatic heterocycles. The van der Waals surface area contributed by atoms with Crippen LogP contribution in [0.5, 0.6) is 0 Å². The number of alkyl halides is 3. The SMILES string of the molecule is [C-]#[N+]c1ccc(-c2ccc3c(c2)c2cc(-c4ccc([N+]#[C-])cc4C#N)ccc2n3-c2ccc(C(F)(F)F)cc2-c2cc(-n3c4ccc(-c5ccc(C#N)cc5[N+]#[C-])cc4c4cc(-c5ccc(C#N)cc5[N+]#[C-])ccc43)ccc2-c2nc(-c3ccccc3)nc(-c3ccccc3)n2)c(C#N)c1. The minimum absolute atomic E-state index is 0.106. The van der Waals surface area contributed by atoms with Crippen molar-refractivity contribution in [1.29, 1.82) is 21.0 Å². The van der Waals surface area contributed by atoms with E-state index < -0.39 is 11.7 Å². The minimum Gasteiger partial charge on any atom is -0.309 e. The Morgan fingerprint density at radius 2 is 0.750 bits per heavy atom. The van der Waals surface area contributed by atoms with Crippen LogP contribution in [0.15, 0.2) is 243 Å². The molecule has 0 spiro atoms. The van der Waals surface area contributed by atoms with Crippen molar-refractivity contribution in [3.8, 4) is 125 Å². The smallest absolute Gasteiger partial charge is 0.309 e. The summed E-state index contributed by atoms with van der Waals surface area (Å²) in [6.45, 7) is 31.7. The molecule has 100 heavy (non-hydrogen) atoms. The van der Waals surface area contributed by atoms with Gasteiger partial charge in [0.05, 0.1) is 83.9 Å². The number of nitriles is 4. The summed E-state index contributed by atoms with van der Waals surface area (Å²) in [4.78, 5) is 30.1. The van der Waals surface area contributed by atoms with E-state index in [9.17, 15) is 21.0 Å². The van der Waals surface area contributed by atoms with Crippen LogP contribution in [-0.2, 0) is 6.18 Å². The fourth-order valence-corrected chi connectivity index (χ4v) is 13.2. The zero-order valence-corrected chi connectivity index (χ0v) is 52.0. The van der Waals surface area contributed by atoms with Gasteiger partial charge in [0.2, 0.25) is 0 Å². The monoisotopic (exact) mass is 1290 g/mol. The third-order valence-electron chi connectivity index (χ3n) is 17.8. The number of hydrogen-bond acceptors (Lipinski definition) is 7. The van der Waals surface area contributed by atoms with E-state index in [0.29, 0.717) is 139 Å². The molecule has 0 amide bonds. The molecule has 0 unspecified atom stereocenters. The highest BCUT2D eigenvalue weighted by molar-refractivity contribution is 6.14. The van der Waals surface area contributed by atoms with Crippen molar-refractivity contribution in [2.75, 3.05) is 0 Å². The lowest BCUT2D eigenvalue weighted by atomic mass is 9.94. The fourth-order valence-electron chi connectivity index (χ4n) is 13.2. The number of fused-ring (bicyclic) bond motifs is 6. The van der Waals surface area contributed by atoms with Crippen molar-refractivity contribution in [2.45, 2.75) is 6.18 Å². The van der Waals surface area contributed by atoms with Gasteiger partial charge in [-0.25, -0.2) is 34.3 Å². The number of halogens is 3. The van der Waals surface area contributed by atoms with Crippen LogP contribution in [0.2, 0.25) is 0 Å². The number of hydrogen-bond donors (Lipinski definition) is 0. The molecule has 0 aliphatic carbocycles. The first-order valence-electron chi connectivity index (χ1n) is 30.9. The summed E-state index contributed by atoms with van der Waals surface area (Å²) in [5.74, 6) is 0.730. The third-order valence-corrected chi connectivity index (χ3v) is 17.8. The Labute approximate surface area is 569 Å². The molecule has 16 heteroatoms. The third kappa shape index (κ3) is 10.6. The van der Waals surface area contributed by atoms with Crippen molar-refractivity contribution in [3.05, 3.63) is 316 Å². The Morgan fingerprint density at radius 1 is 0.330 bits per heavy atom. The van der Waals surface area contributed by atoms with E-state index in [1.807, 2.05) is 155 Å². The van der Waals surface area contributed by atoms with E-state index in [1.54, 1.807) is 54.6 Å². The first-order chi connectivity index (χ1) is 48.8. The minimum atomic E-state index is -4.88. The average molecular weight is 1290 g/mol. The van der Waals surface area contributed by atoms with Gasteiger partial charge in [0.25, 0.3) is 0 Å². The van der Waals surface area contributed by atoms with Crippen molar-refractivity contribution in [1.82, 2.24) is 24.1 Å². The maximum absolute atomic E-state index is 15.9. The summed E-state index contributed by atoms with van der Waals surface area (Å²) in [7, 11) is 0. The van der Waals surface area contributed by atoms with Gasteiger partial charge in [-0.2, -0.15) is 34.2 Å². The molecule has 0 radical (unpaired) electrons. The molecular formula is C84H40F3N13. The van der Waals surface area contributed by atoms with Crippen LogP contribution in [-0.4, -0.2) is 24.1 Å². The highest BCUT2D eigenvalue weighted by Gasteiger charge is 2.33. The molecule has 0 atom stereocenters. The molecule has 0 N–H and O–H groups in total. The summed E-state index contributed by atoms with van der Waals surface area (Å²) >= 11 is 0. The standard InChI is InChI=1S/C84H40F3N13/c1-92-60-22-27-63(57(37-60)47-90)53-17-32-78-71(39-53)72-40-54(64-28-23-61(93-2)38-58(64)48-91)18-33-79(72)100(78)80-34-21-59(84(85,86)87)43-73(80)68-44-62(24-29-67(68)83-97-81(51-11-7-5-8-12-51)96-82(98-83)52-13-9-6-10-14-52)99-76-30-19-55(65-25-15-49(45-88)35-74(65)94-3)41-69(76)70-42-56(20-31-77(70)99)66-26-16-50(46-89)36-75(66)95-4/h5-44H. The largest absolute Gasteiger partial charge is 0.416 e. The summed E-state index contributed by atoms with van der Waals surface area (Å²) in [5, 5.41) is 43.3. The second kappa shape index (κ2) is 24.7. The normalized spacial score (nSPS) is 11.1. The van der Waals surface area contributed by atoms with Crippen LogP contribution < -0.4 is 0 Å². The molecule has 15 aromatic rings. The average Bonchev–Trinajstić information content (AvgIpc) is 1.56. The van der Waals surface area contributed by atoms with Crippen LogP contribution in [0.4, 0.5) is 35.9 Å². The summed E-state index contributed by atoms with van der Waals surface area (Å²) in [5.41, 5.74) is 11.2. The van der Waals surface area contributed by atoms with Crippen molar-refractivity contribution < 1.29 is 13.2 Å². The lowest BCUT2D eigenvalue weighted by Crippen LogP contribution is -2.08. The molecule has 462 valence electrons. The number of aromatic nitrogens is 5. The molecule has 15 rings (SSSR count). The molecule has 0 fully saturated rings. The van der Waals surface area contributed by atoms with Gasteiger partial charge < -0.3 is 9.13 Å². The van der Waals surface area contributed by atoms with Gasteiger partial charge in [-0.1, -0.05) is 121 Å². The Balaban J connectivity index is 1.05. The van der Waals surface area contributed by atoms with E-state index in [4.69, 9.17) is 41.2 Å². The van der Waals surface area contributed by atoms with Gasteiger partial charge in [-0.15, -0.1) is 0 Å². The first kappa shape index (κ1) is 61.2. The zero-order chi connectivity index (χ0) is 68.9. The van der Waals surface area contributed by atoms with Gasteiger partial charge in [0, 0.05) is 71.7 Å². The van der Waals surface area contributed by atoms with Gasteiger partial charge in [0.15, 0.2) is 40.2 Å². The molecule has 0 saturated heterocycles. The lowest BCUT2D eigenvalue weighted by molar-refractivity contribution is -0.137. The number of rotatable bonds is 10. The maximum atomic E-state index is 15.9. The predicted molar refractivity (Wildman–Crippen MR) is 381 cm³/mol. The Hall–Kier alpha value is -15.0. The van der Waals surface area contributed by atoms with Crippen LogP contribution in [0, 0.1) is 71.6 Å². The van der Waals surface area contributed by atoms with Gasteiger partial charge in [0.1, 0.15) is 0 Å². The Morgan fingerprint density at radius 3 is 1.17 bits per heavy atom. The molecule has 0 aliphatic heterocycles. The molecule has 12 aromatic carbocycles. The van der Waals surface area contributed by atoms with Crippen LogP contribution in [0.3, 0.4) is 0 Å². The second-order valence-electron chi connectivity index (χ2n) is 23.4. The zero-order valence-electron chi connectivity index (χ0n) is 52.0. The van der Waals surface area contributed by atoms with Crippen LogP contribution in [0.25, 0.3) is 164 Å². The molecule has 3 heterocycles. The quantitative estimate of drug-likeness (QED) is 0.123. The van der Waals surface area contributed by atoms with E-state index in [0.717, 1.165) is 12.1 Å². The predicted octanol–water partition coefficient (Wildman–Crippen LogP) is 22.1. The highest BCUT2D eigenvalue weighted by Crippen LogP contribution is 2.48. The van der Waals surface area contributed by atoms with E-state index in [-0.39, 0.29) is 50.8 Å². The van der Waals surface area contributed by atoms with Crippen molar-refractivity contribution in [2.24, 2.45) is 0 Å². The Kier molecular flexibility index (Phi) is 15.1.